The van der Waals surface area contributed by atoms with Gasteiger partial charge in [0, 0.05) is 11.8 Å². The second-order valence-electron chi connectivity index (χ2n) is 6.11. The molecule has 1 spiro atoms. The van der Waals surface area contributed by atoms with Crippen LogP contribution in [0.4, 0.5) is 0 Å². The number of thioether (sulfide) groups is 2. The predicted octanol–water partition coefficient (Wildman–Crippen LogP) is 3.82. The standard InChI is InChI=1S/C14H22OS2/c1-11-4-5-13(15)10-14(7-6-12(11,13)2)16-8-3-9-17-14/h15H,1,3-10H2,2H3/t12-,13+/m1/s1. The summed E-state index contributed by atoms with van der Waals surface area (Å²) < 4.78 is 0.317. The molecule has 3 fully saturated rings. The molecule has 3 aliphatic rings. The third kappa shape index (κ3) is 1.73. The zero-order valence-electron chi connectivity index (χ0n) is 10.6. The van der Waals surface area contributed by atoms with Crippen LogP contribution in [0, 0.1) is 5.41 Å². The summed E-state index contributed by atoms with van der Waals surface area (Å²) in [4.78, 5) is 0. The fourth-order valence-corrected chi connectivity index (χ4v) is 7.28. The average Bonchev–Trinajstić information content (AvgIpc) is 2.54. The Bertz CT molecular complexity index is 348. The molecule has 0 unspecified atom stereocenters. The van der Waals surface area contributed by atoms with E-state index in [9.17, 15) is 5.11 Å². The van der Waals surface area contributed by atoms with Crippen molar-refractivity contribution in [2.45, 2.75) is 55.1 Å². The van der Waals surface area contributed by atoms with Crippen LogP contribution >= 0.6 is 23.5 Å². The molecule has 17 heavy (non-hydrogen) atoms. The first kappa shape index (κ1) is 12.4. The van der Waals surface area contributed by atoms with Gasteiger partial charge in [-0.15, -0.1) is 23.5 Å². The van der Waals surface area contributed by atoms with Crippen molar-refractivity contribution < 1.29 is 5.11 Å². The molecule has 3 heteroatoms. The van der Waals surface area contributed by atoms with Crippen molar-refractivity contribution in [3.05, 3.63) is 12.2 Å². The zero-order valence-corrected chi connectivity index (χ0v) is 12.3. The fourth-order valence-electron chi connectivity index (χ4n) is 3.77. The molecule has 0 bridgehead atoms. The molecule has 0 aromatic carbocycles. The van der Waals surface area contributed by atoms with Gasteiger partial charge in [-0.2, -0.15) is 0 Å². The van der Waals surface area contributed by atoms with E-state index in [1.165, 1.54) is 29.9 Å². The van der Waals surface area contributed by atoms with Gasteiger partial charge in [-0.25, -0.2) is 0 Å². The molecule has 1 aliphatic heterocycles. The highest BCUT2D eigenvalue weighted by molar-refractivity contribution is 8.18. The van der Waals surface area contributed by atoms with E-state index < -0.39 is 5.60 Å². The lowest BCUT2D eigenvalue weighted by Gasteiger charge is -2.53. The van der Waals surface area contributed by atoms with Crippen LogP contribution in [0.5, 0.6) is 0 Å². The van der Waals surface area contributed by atoms with Crippen LogP contribution in [-0.4, -0.2) is 26.3 Å². The van der Waals surface area contributed by atoms with Gasteiger partial charge in [0.15, 0.2) is 0 Å². The van der Waals surface area contributed by atoms with Crippen LogP contribution in [0.15, 0.2) is 12.2 Å². The van der Waals surface area contributed by atoms with E-state index in [0.717, 1.165) is 25.7 Å². The van der Waals surface area contributed by atoms with Crippen LogP contribution in [0.1, 0.15) is 45.4 Å². The summed E-state index contributed by atoms with van der Waals surface area (Å²) >= 11 is 4.21. The Balaban J connectivity index is 1.88. The highest BCUT2D eigenvalue weighted by atomic mass is 32.2. The first-order valence-corrected chi connectivity index (χ1v) is 8.66. The molecule has 0 aromatic rings. The summed E-state index contributed by atoms with van der Waals surface area (Å²) in [6.45, 7) is 6.46. The van der Waals surface area contributed by atoms with E-state index in [2.05, 4.69) is 37.0 Å². The third-order valence-corrected chi connectivity index (χ3v) is 8.68. The van der Waals surface area contributed by atoms with Crippen molar-refractivity contribution in [1.29, 1.82) is 0 Å². The molecule has 2 aliphatic carbocycles. The minimum Gasteiger partial charge on any atom is -0.389 e. The van der Waals surface area contributed by atoms with E-state index in [1.54, 1.807) is 0 Å². The maximum Gasteiger partial charge on any atom is 0.0762 e. The number of hydrogen-bond donors (Lipinski definition) is 1. The molecule has 3 rings (SSSR count). The summed E-state index contributed by atoms with van der Waals surface area (Å²) in [6.07, 6.45) is 6.65. The van der Waals surface area contributed by atoms with Crippen molar-refractivity contribution in [3.8, 4) is 0 Å². The maximum absolute atomic E-state index is 11.1. The van der Waals surface area contributed by atoms with Gasteiger partial charge < -0.3 is 5.11 Å². The minimum absolute atomic E-state index is 0.00316. The molecule has 1 saturated heterocycles. The van der Waals surface area contributed by atoms with E-state index in [0.29, 0.717) is 4.08 Å². The van der Waals surface area contributed by atoms with Crippen molar-refractivity contribution in [3.63, 3.8) is 0 Å². The Morgan fingerprint density at radius 2 is 1.88 bits per heavy atom. The molecular weight excluding hydrogens is 248 g/mol. The maximum atomic E-state index is 11.1. The Morgan fingerprint density at radius 3 is 2.59 bits per heavy atom. The average molecular weight is 270 g/mol. The first-order valence-electron chi connectivity index (χ1n) is 6.68. The van der Waals surface area contributed by atoms with E-state index >= 15 is 0 Å². The van der Waals surface area contributed by atoms with Gasteiger partial charge in [-0.1, -0.05) is 19.1 Å². The summed E-state index contributed by atoms with van der Waals surface area (Å²) in [7, 11) is 0. The lowest BCUT2D eigenvalue weighted by molar-refractivity contribution is -0.0700. The summed E-state index contributed by atoms with van der Waals surface area (Å²) in [5, 5.41) is 11.1. The molecule has 0 aromatic heterocycles. The largest absolute Gasteiger partial charge is 0.389 e. The van der Waals surface area contributed by atoms with Gasteiger partial charge in [0.1, 0.15) is 0 Å². The molecule has 2 saturated carbocycles. The van der Waals surface area contributed by atoms with Crippen molar-refractivity contribution in [1.82, 2.24) is 0 Å². The first-order chi connectivity index (χ1) is 8.00. The second kappa shape index (κ2) is 3.94. The topological polar surface area (TPSA) is 20.2 Å². The highest BCUT2D eigenvalue weighted by Gasteiger charge is 2.60. The SMILES string of the molecule is C=C1CC[C@]2(O)CC3(CC[C@]12C)SCCCS3. The van der Waals surface area contributed by atoms with Gasteiger partial charge in [-0.05, 0) is 43.6 Å². The summed E-state index contributed by atoms with van der Waals surface area (Å²) in [5.41, 5.74) is 0.817. The lowest BCUT2D eigenvalue weighted by atomic mass is 9.64. The summed E-state index contributed by atoms with van der Waals surface area (Å²) in [6, 6.07) is 0. The van der Waals surface area contributed by atoms with E-state index in [-0.39, 0.29) is 5.41 Å². The van der Waals surface area contributed by atoms with Crippen LogP contribution in [0.2, 0.25) is 0 Å². The van der Waals surface area contributed by atoms with Gasteiger partial charge in [-0.3, -0.25) is 0 Å². The Hall–Kier alpha value is 0.400. The Morgan fingerprint density at radius 1 is 1.18 bits per heavy atom. The zero-order chi connectivity index (χ0) is 12.1. The van der Waals surface area contributed by atoms with Gasteiger partial charge >= 0.3 is 0 Å². The van der Waals surface area contributed by atoms with E-state index in [1.807, 2.05) is 0 Å². The smallest absolute Gasteiger partial charge is 0.0762 e. The molecule has 2 atom stereocenters. The second-order valence-corrected chi connectivity index (χ2v) is 9.32. The molecule has 0 radical (unpaired) electrons. The molecular formula is C14H22OS2. The molecule has 1 N–H and O–H groups in total. The van der Waals surface area contributed by atoms with Crippen LogP contribution in [0.3, 0.4) is 0 Å². The van der Waals surface area contributed by atoms with Gasteiger partial charge in [0.2, 0.25) is 0 Å². The van der Waals surface area contributed by atoms with Crippen LogP contribution in [-0.2, 0) is 0 Å². The highest BCUT2D eigenvalue weighted by Crippen LogP contribution is 2.64. The van der Waals surface area contributed by atoms with Crippen molar-refractivity contribution in [2.75, 3.05) is 11.5 Å². The Kier molecular flexibility index (Phi) is 2.89. The third-order valence-electron chi connectivity index (χ3n) is 5.23. The molecule has 0 amide bonds. The van der Waals surface area contributed by atoms with Gasteiger partial charge in [0.05, 0.1) is 9.68 Å². The molecule has 1 nitrogen and oxygen atoms in total. The van der Waals surface area contributed by atoms with Crippen molar-refractivity contribution >= 4 is 23.5 Å². The summed E-state index contributed by atoms with van der Waals surface area (Å²) in [5.74, 6) is 2.56. The predicted molar refractivity (Wildman–Crippen MR) is 77.5 cm³/mol. The number of rotatable bonds is 0. The lowest BCUT2D eigenvalue weighted by Crippen LogP contribution is -2.52. The molecule has 96 valence electrons. The van der Waals surface area contributed by atoms with Crippen LogP contribution in [0.25, 0.3) is 0 Å². The minimum atomic E-state index is -0.473. The fraction of sp³-hybridized carbons (Fsp3) is 0.857. The normalized spacial score (nSPS) is 44.9. The molecule has 1 heterocycles. The van der Waals surface area contributed by atoms with Gasteiger partial charge in [0.25, 0.3) is 0 Å². The number of aliphatic hydroxyl groups is 1. The number of hydrogen-bond acceptors (Lipinski definition) is 3. The quantitative estimate of drug-likeness (QED) is 0.676. The van der Waals surface area contributed by atoms with Crippen LogP contribution < -0.4 is 0 Å². The number of fused-ring (bicyclic) bond motifs is 1. The van der Waals surface area contributed by atoms with E-state index in [4.69, 9.17) is 0 Å². The Labute approximate surface area is 113 Å². The monoisotopic (exact) mass is 270 g/mol. The van der Waals surface area contributed by atoms with Crippen molar-refractivity contribution in [2.24, 2.45) is 5.41 Å².